The number of benzene rings is 1. The number of halogens is 3. The lowest BCUT2D eigenvalue weighted by molar-refractivity contribution is -0.137. The molecule has 0 saturated heterocycles. The van der Waals surface area contributed by atoms with E-state index in [0.29, 0.717) is 25.2 Å². The molecule has 0 unspecified atom stereocenters. The molecule has 0 spiro atoms. The van der Waals surface area contributed by atoms with E-state index < -0.39 is 11.7 Å². The molecule has 4 nitrogen and oxygen atoms in total. The van der Waals surface area contributed by atoms with Gasteiger partial charge in [-0.25, -0.2) is 0 Å². The zero-order valence-electron chi connectivity index (χ0n) is 13.5. The lowest BCUT2D eigenvalue weighted by Gasteiger charge is -2.16. The van der Waals surface area contributed by atoms with Gasteiger partial charge in [0.15, 0.2) is 0 Å². The van der Waals surface area contributed by atoms with Crippen LogP contribution >= 0.6 is 0 Å². The highest BCUT2D eigenvalue weighted by molar-refractivity contribution is 5.94. The lowest BCUT2D eigenvalue weighted by Crippen LogP contribution is -2.17. The molecule has 0 aliphatic carbocycles. The SMILES string of the molecule is CCCCNc1ccc(C(F)(F)F)cc1NC(=O)CCCNC. The zero-order chi connectivity index (χ0) is 17.3. The molecule has 0 bridgehead atoms. The zero-order valence-corrected chi connectivity index (χ0v) is 13.5. The van der Waals surface area contributed by atoms with Crippen molar-refractivity contribution in [1.29, 1.82) is 0 Å². The highest BCUT2D eigenvalue weighted by Crippen LogP contribution is 2.34. The average Bonchev–Trinajstić information content (AvgIpc) is 2.48. The van der Waals surface area contributed by atoms with Gasteiger partial charge in [0.05, 0.1) is 16.9 Å². The highest BCUT2D eigenvalue weighted by Gasteiger charge is 2.31. The Balaban J connectivity index is 2.86. The molecule has 0 aromatic heterocycles. The fraction of sp³-hybridized carbons (Fsp3) is 0.562. The molecule has 3 N–H and O–H groups in total. The fourth-order valence-corrected chi connectivity index (χ4v) is 2.02. The number of hydrogen-bond acceptors (Lipinski definition) is 3. The molecule has 1 rings (SSSR count). The molecule has 1 aromatic carbocycles. The van der Waals surface area contributed by atoms with Gasteiger partial charge in [0.2, 0.25) is 5.91 Å². The van der Waals surface area contributed by atoms with Crippen LogP contribution in [0.15, 0.2) is 18.2 Å². The first-order valence-corrected chi connectivity index (χ1v) is 7.78. The molecule has 1 aromatic rings. The maximum absolute atomic E-state index is 12.9. The van der Waals surface area contributed by atoms with Crippen molar-refractivity contribution in [2.24, 2.45) is 0 Å². The number of nitrogens with one attached hydrogen (secondary N) is 3. The van der Waals surface area contributed by atoms with E-state index in [4.69, 9.17) is 0 Å². The van der Waals surface area contributed by atoms with Crippen LogP contribution in [0.1, 0.15) is 38.2 Å². The first-order valence-electron chi connectivity index (χ1n) is 7.78. The van der Waals surface area contributed by atoms with E-state index in [-0.39, 0.29) is 18.0 Å². The minimum absolute atomic E-state index is 0.172. The van der Waals surface area contributed by atoms with Gasteiger partial charge in [-0.1, -0.05) is 13.3 Å². The summed E-state index contributed by atoms with van der Waals surface area (Å²) in [7, 11) is 1.78. The fourth-order valence-electron chi connectivity index (χ4n) is 2.02. The van der Waals surface area contributed by atoms with E-state index in [1.54, 1.807) is 7.05 Å². The second-order valence-corrected chi connectivity index (χ2v) is 5.29. The van der Waals surface area contributed by atoms with Crippen LogP contribution in [0.3, 0.4) is 0 Å². The molecule has 0 radical (unpaired) electrons. The number of carbonyl (C=O) groups is 1. The Labute approximate surface area is 134 Å². The van der Waals surface area contributed by atoms with Gasteiger partial charge in [0, 0.05) is 13.0 Å². The van der Waals surface area contributed by atoms with E-state index in [2.05, 4.69) is 16.0 Å². The highest BCUT2D eigenvalue weighted by atomic mass is 19.4. The number of unbranched alkanes of at least 4 members (excludes halogenated alkanes) is 1. The average molecular weight is 331 g/mol. The van der Waals surface area contributed by atoms with Crippen molar-refractivity contribution < 1.29 is 18.0 Å². The van der Waals surface area contributed by atoms with E-state index in [9.17, 15) is 18.0 Å². The normalized spacial score (nSPS) is 11.3. The summed E-state index contributed by atoms with van der Waals surface area (Å²) in [5, 5.41) is 8.57. The Morgan fingerprint density at radius 2 is 1.87 bits per heavy atom. The number of rotatable bonds is 9. The molecule has 1 amide bonds. The van der Waals surface area contributed by atoms with Gasteiger partial charge in [0.25, 0.3) is 0 Å². The van der Waals surface area contributed by atoms with E-state index in [1.807, 2.05) is 6.92 Å². The summed E-state index contributed by atoms with van der Waals surface area (Å²) in [6, 6.07) is 3.36. The van der Waals surface area contributed by atoms with E-state index in [0.717, 1.165) is 25.0 Å². The van der Waals surface area contributed by atoms with Crippen molar-refractivity contribution in [3.63, 3.8) is 0 Å². The summed E-state index contributed by atoms with van der Waals surface area (Å²) in [5.74, 6) is -0.293. The summed E-state index contributed by atoms with van der Waals surface area (Å²) >= 11 is 0. The Morgan fingerprint density at radius 1 is 1.13 bits per heavy atom. The summed E-state index contributed by atoms with van der Waals surface area (Å²) in [4.78, 5) is 11.9. The summed E-state index contributed by atoms with van der Waals surface area (Å²) in [6.07, 6.45) is -1.69. The van der Waals surface area contributed by atoms with Crippen molar-refractivity contribution >= 4 is 17.3 Å². The molecule has 0 aliphatic heterocycles. The summed E-state index contributed by atoms with van der Waals surface area (Å²) in [5.41, 5.74) is -0.0946. The van der Waals surface area contributed by atoms with Gasteiger partial charge in [-0.3, -0.25) is 4.79 Å². The quantitative estimate of drug-likeness (QED) is 0.602. The minimum atomic E-state index is -4.44. The number of amides is 1. The third kappa shape index (κ3) is 6.90. The van der Waals surface area contributed by atoms with Crippen molar-refractivity contribution in [3.8, 4) is 0 Å². The monoisotopic (exact) mass is 331 g/mol. The van der Waals surface area contributed by atoms with Crippen LogP contribution in [0.25, 0.3) is 0 Å². The van der Waals surface area contributed by atoms with Crippen molar-refractivity contribution in [3.05, 3.63) is 23.8 Å². The molecule has 23 heavy (non-hydrogen) atoms. The van der Waals surface area contributed by atoms with Crippen molar-refractivity contribution in [2.45, 2.75) is 38.8 Å². The van der Waals surface area contributed by atoms with Gasteiger partial charge in [-0.05, 0) is 44.6 Å². The molecule has 0 fully saturated rings. The van der Waals surface area contributed by atoms with Crippen molar-refractivity contribution in [1.82, 2.24) is 5.32 Å². The van der Waals surface area contributed by atoms with Crippen LogP contribution in [-0.4, -0.2) is 26.0 Å². The van der Waals surface area contributed by atoms with Crippen LogP contribution in [0, 0.1) is 0 Å². The number of hydrogen-bond donors (Lipinski definition) is 3. The smallest absolute Gasteiger partial charge is 0.383 e. The van der Waals surface area contributed by atoms with Gasteiger partial charge in [-0.2, -0.15) is 13.2 Å². The van der Waals surface area contributed by atoms with Crippen LogP contribution in [-0.2, 0) is 11.0 Å². The standard InChI is InChI=1S/C16H24F3N3O/c1-3-4-10-21-13-8-7-12(16(17,18)19)11-14(13)22-15(23)6-5-9-20-2/h7-8,11,20-21H,3-6,9-10H2,1-2H3,(H,22,23). The number of alkyl halides is 3. The lowest BCUT2D eigenvalue weighted by atomic mass is 10.1. The third-order valence-corrected chi connectivity index (χ3v) is 3.30. The minimum Gasteiger partial charge on any atom is -0.383 e. The number of anilines is 2. The van der Waals surface area contributed by atoms with E-state index in [1.165, 1.54) is 6.07 Å². The Bertz CT molecular complexity index is 504. The van der Waals surface area contributed by atoms with Crippen molar-refractivity contribution in [2.75, 3.05) is 30.8 Å². The molecule has 7 heteroatoms. The first-order chi connectivity index (χ1) is 10.9. The predicted octanol–water partition coefficient (Wildman–Crippen LogP) is 3.86. The predicted molar refractivity (Wildman–Crippen MR) is 86.6 cm³/mol. The Kier molecular flexibility index (Phi) is 7.88. The maximum atomic E-state index is 12.9. The largest absolute Gasteiger partial charge is 0.416 e. The van der Waals surface area contributed by atoms with Gasteiger partial charge >= 0.3 is 6.18 Å². The second-order valence-electron chi connectivity index (χ2n) is 5.29. The molecule has 130 valence electrons. The van der Waals surface area contributed by atoms with Gasteiger partial charge < -0.3 is 16.0 Å². The van der Waals surface area contributed by atoms with Gasteiger partial charge in [-0.15, -0.1) is 0 Å². The Hall–Kier alpha value is -1.76. The topological polar surface area (TPSA) is 53.2 Å². The molecule has 0 aliphatic rings. The Morgan fingerprint density at radius 3 is 2.48 bits per heavy atom. The van der Waals surface area contributed by atoms with Crippen LogP contribution < -0.4 is 16.0 Å². The molecular weight excluding hydrogens is 307 g/mol. The second kappa shape index (κ2) is 9.39. The summed E-state index contributed by atoms with van der Waals surface area (Å²) in [6.45, 7) is 3.35. The van der Waals surface area contributed by atoms with E-state index >= 15 is 0 Å². The molecule has 0 atom stereocenters. The molecule has 0 saturated carbocycles. The molecule has 0 heterocycles. The first kappa shape index (κ1) is 19.3. The van der Waals surface area contributed by atoms with Crippen LogP contribution in [0.5, 0.6) is 0 Å². The third-order valence-electron chi connectivity index (χ3n) is 3.30. The van der Waals surface area contributed by atoms with Crippen LogP contribution in [0.2, 0.25) is 0 Å². The van der Waals surface area contributed by atoms with Gasteiger partial charge in [0.1, 0.15) is 0 Å². The molecular formula is C16H24F3N3O. The maximum Gasteiger partial charge on any atom is 0.416 e. The summed E-state index contributed by atoms with van der Waals surface area (Å²) < 4.78 is 38.6. The van der Waals surface area contributed by atoms with Crippen LogP contribution in [0.4, 0.5) is 24.5 Å². The number of carbonyl (C=O) groups excluding carboxylic acids is 1.